The molecule has 2 amide bonds. The monoisotopic (exact) mass is 528 g/mol. The molecule has 9 nitrogen and oxygen atoms in total. The van der Waals surface area contributed by atoms with E-state index in [2.05, 4.69) is 25.6 Å². The van der Waals surface area contributed by atoms with Gasteiger partial charge in [-0.2, -0.15) is 0 Å². The van der Waals surface area contributed by atoms with E-state index in [-0.39, 0.29) is 17.6 Å². The van der Waals surface area contributed by atoms with Crippen molar-refractivity contribution < 1.29 is 23.9 Å². The lowest BCUT2D eigenvalue weighted by Gasteiger charge is -2.10. The third-order valence-corrected chi connectivity index (χ3v) is 6.28. The summed E-state index contributed by atoms with van der Waals surface area (Å²) >= 11 is 7.69. The Morgan fingerprint density at radius 2 is 2.06 bits per heavy atom. The van der Waals surface area contributed by atoms with Gasteiger partial charge in [-0.15, -0.1) is 0 Å². The Labute approximate surface area is 217 Å². The van der Waals surface area contributed by atoms with Crippen LogP contribution in [0.5, 0.6) is 16.7 Å². The molecule has 0 bridgehead atoms. The van der Waals surface area contributed by atoms with E-state index in [0.29, 0.717) is 34.1 Å². The number of pyridine rings is 1. The van der Waals surface area contributed by atoms with Crippen LogP contribution in [0.3, 0.4) is 0 Å². The van der Waals surface area contributed by atoms with E-state index < -0.39 is 5.91 Å². The number of hydrogen-bond donors (Lipinski definition) is 2. The fourth-order valence-corrected chi connectivity index (χ4v) is 3.96. The van der Waals surface area contributed by atoms with Gasteiger partial charge in [-0.1, -0.05) is 29.0 Å². The molecule has 1 fully saturated rings. The van der Waals surface area contributed by atoms with Crippen LogP contribution in [0.2, 0.25) is 5.02 Å². The highest BCUT2D eigenvalue weighted by Crippen LogP contribution is 2.35. The molecule has 2 N–H and O–H groups in total. The molecule has 1 saturated carbocycles. The normalized spacial score (nSPS) is 13.9. The summed E-state index contributed by atoms with van der Waals surface area (Å²) in [5, 5.41) is 3.75. The zero-order valence-corrected chi connectivity index (χ0v) is 21.3. The summed E-state index contributed by atoms with van der Waals surface area (Å²) in [6, 6.07) is 7.98. The number of aromatic nitrogens is 2. The van der Waals surface area contributed by atoms with Gasteiger partial charge in [0.05, 0.1) is 23.6 Å². The van der Waals surface area contributed by atoms with E-state index in [1.54, 1.807) is 18.3 Å². The number of carbonyl (C=O) groups excluding carboxylic acids is 2. The number of amides is 2. The summed E-state index contributed by atoms with van der Waals surface area (Å²) in [7, 11) is 1.32. The van der Waals surface area contributed by atoms with Crippen molar-refractivity contribution >= 4 is 40.8 Å². The maximum absolute atomic E-state index is 12.6. The maximum atomic E-state index is 12.6. The molecule has 0 unspecified atom stereocenters. The molecule has 1 atom stereocenters. The molecule has 2 heterocycles. The fraction of sp³-hybridized carbons (Fsp3) is 0.280. The van der Waals surface area contributed by atoms with Gasteiger partial charge in [0, 0.05) is 30.1 Å². The summed E-state index contributed by atoms with van der Waals surface area (Å²) in [4.78, 5) is 38.0. The molecule has 0 spiro atoms. The van der Waals surface area contributed by atoms with E-state index >= 15 is 0 Å². The predicted molar refractivity (Wildman–Crippen MR) is 137 cm³/mol. The average molecular weight is 529 g/mol. The van der Waals surface area contributed by atoms with Crippen molar-refractivity contribution in [1.82, 2.24) is 20.8 Å². The van der Waals surface area contributed by atoms with Crippen molar-refractivity contribution in [2.75, 3.05) is 13.7 Å². The van der Waals surface area contributed by atoms with Gasteiger partial charge < -0.3 is 14.8 Å². The molecule has 1 aromatic carbocycles. The Bertz CT molecular complexity index is 1260. The summed E-state index contributed by atoms with van der Waals surface area (Å²) in [6.07, 6.45) is 9.18. The lowest BCUT2D eigenvalue weighted by atomic mass is 10.2. The number of nitrogens with zero attached hydrogens (tertiary/aromatic N) is 2. The van der Waals surface area contributed by atoms with Gasteiger partial charge in [0.25, 0.3) is 17.0 Å². The standard InChI is InChI=1S/C25H25ClN4O5S/c1-15(29-23(31)17-9-10-27-21(11-17)24(32)30-33-2)3-7-19-13-28-25(36-19)35-22-8-6-18(12-20(22)26)34-14-16-4-5-16/h3,6-13,15-16H,4-5,14H2,1-2H3,(H,29,31)(H,30,32)/t15-/m0/s1. The van der Waals surface area contributed by atoms with Crippen LogP contribution in [0.4, 0.5) is 0 Å². The molecule has 1 aliphatic rings. The Kier molecular flexibility index (Phi) is 8.52. The number of hydroxylamine groups is 1. The minimum Gasteiger partial charge on any atom is -0.493 e. The first-order valence-electron chi connectivity index (χ1n) is 11.3. The van der Waals surface area contributed by atoms with E-state index in [0.717, 1.165) is 10.6 Å². The highest BCUT2D eigenvalue weighted by Gasteiger charge is 2.22. The lowest BCUT2D eigenvalue weighted by Crippen LogP contribution is -2.31. The molecular weight excluding hydrogens is 504 g/mol. The molecule has 0 saturated heterocycles. The van der Waals surface area contributed by atoms with Crippen LogP contribution in [0.25, 0.3) is 6.08 Å². The minimum absolute atomic E-state index is 0.0745. The van der Waals surface area contributed by atoms with Crippen LogP contribution < -0.4 is 20.3 Å². The zero-order valence-electron chi connectivity index (χ0n) is 19.7. The molecule has 2 aromatic heterocycles. The van der Waals surface area contributed by atoms with Crippen molar-refractivity contribution in [1.29, 1.82) is 0 Å². The second kappa shape index (κ2) is 12.0. The number of halogens is 1. The molecule has 0 aliphatic heterocycles. The Hall–Kier alpha value is -3.47. The van der Waals surface area contributed by atoms with Gasteiger partial charge in [0.1, 0.15) is 17.2 Å². The topological polar surface area (TPSA) is 112 Å². The molecule has 188 valence electrons. The van der Waals surface area contributed by atoms with Crippen LogP contribution in [0, 0.1) is 5.92 Å². The van der Waals surface area contributed by atoms with Crippen LogP contribution in [-0.4, -0.2) is 41.5 Å². The van der Waals surface area contributed by atoms with Crippen molar-refractivity contribution in [2.24, 2.45) is 5.92 Å². The van der Waals surface area contributed by atoms with Gasteiger partial charge in [0.15, 0.2) is 0 Å². The molecule has 1 aliphatic carbocycles. The van der Waals surface area contributed by atoms with E-state index in [1.165, 1.54) is 49.6 Å². The third kappa shape index (κ3) is 7.27. The number of benzene rings is 1. The van der Waals surface area contributed by atoms with Gasteiger partial charge in [-0.25, -0.2) is 10.5 Å². The van der Waals surface area contributed by atoms with E-state index in [4.69, 9.17) is 21.1 Å². The first kappa shape index (κ1) is 25.6. The number of carbonyl (C=O) groups is 2. The van der Waals surface area contributed by atoms with Crippen molar-refractivity contribution in [3.05, 3.63) is 70.0 Å². The first-order valence-corrected chi connectivity index (χ1v) is 12.4. The summed E-state index contributed by atoms with van der Waals surface area (Å²) < 4.78 is 11.6. The van der Waals surface area contributed by atoms with E-state index in [1.807, 2.05) is 25.1 Å². The molecule has 3 aromatic rings. The minimum atomic E-state index is -0.539. The number of rotatable bonds is 11. The largest absolute Gasteiger partial charge is 0.493 e. The molecular formula is C25H25ClN4O5S. The van der Waals surface area contributed by atoms with Gasteiger partial charge in [-0.05, 0) is 56.0 Å². The van der Waals surface area contributed by atoms with Crippen LogP contribution in [0.15, 0.2) is 48.8 Å². The SMILES string of the molecule is CONC(=O)c1cc(C(=O)N[C@@H](C)C=Cc2cnc(Oc3ccc(OCC4CC4)cc3Cl)s2)ccn1. The fourth-order valence-electron chi connectivity index (χ4n) is 3.06. The van der Waals surface area contributed by atoms with Gasteiger partial charge in [0.2, 0.25) is 0 Å². The molecule has 4 rings (SSSR count). The average Bonchev–Trinajstić information content (AvgIpc) is 3.60. The van der Waals surface area contributed by atoms with Crippen molar-refractivity contribution in [2.45, 2.75) is 25.8 Å². The van der Waals surface area contributed by atoms with Crippen LogP contribution >= 0.6 is 22.9 Å². The molecule has 0 radical (unpaired) electrons. The number of thiazole rings is 1. The van der Waals surface area contributed by atoms with Crippen LogP contribution in [0.1, 0.15) is 45.5 Å². The van der Waals surface area contributed by atoms with Crippen LogP contribution in [-0.2, 0) is 4.84 Å². The number of nitrogens with one attached hydrogen (secondary N) is 2. The maximum Gasteiger partial charge on any atom is 0.293 e. The lowest BCUT2D eigenvalue weighted by molar-refractivity contribution is 0.0532. The highest BCUT2D eigenvalue weighted by molar-refractivity contribution is 7.14. The Morgan fingerprint density at radius 1 is 1.22 bits per heavy atom. The van der Waals surface area contributed by atoms with Crippen molar-refractivity contribution in [3.8, 4) is 16.7 Å². The first-order chi connectivity index (χ1) is 17.4. The van der Waals surface area contributed by atoms with Gasteiger partial charge >= 0.3 is 0 Å². The predicted octanol–water partition coefficient (Wildman–Crippen LogP) is 4.90. The third-order valence-electron chi connectivity index (χ3n) is 5.14. The zero-order chi connectivity index (χ0) is 25.5. The Morgan fingerprint density at radius 3 is 2.81 bits per heavy atom. The smallest absolute Gasteiger partial charge is 0.293 e. The summed E-state index contributed by atoms with van der Waals surface area (Å²) in [6.45, 7) is 2.55. The van der Waals surface area contributed by atoms with Gasteiger partial charge in [-0.3, -0.25) is 19.4 Å². The summed E-state index contributed by atoms with van der Waals surface area (Å²) in [5.74, 6) is 1.00. The molecule has 36 heavy (non-hydrogen) atoms. The quantitative estimate of drug-likeness (QED) is 0.340. The number of ether oxygens (including phenoxy) is 2. The second-order valence-corrected chi connectivity index (χ2v) is 9.60. The number of hydrogen-bond acceptors (Lipinski definition) is 8. The van der Waals surface area contributed by atoms with Crippen molar-refractivity contribution in [3.63, 3.8) is 0 Å². The Balaban J connectivity index is 1.30. The van der Waals surface area contributed by atoms with E-state index in [9.17, 15) is 9.59 Å². The summed E-state index contributed by atoms with van der Waals surface area (Å²) in [5.41, 5.74) is 2.55. The molecule has 11 heteroatoms. The highest BCUT2D eigenvalue weighted by atomic mass is 35.5. The second-order valence-electron chi connectivity index (χ2n) is 8.16.